The number of ether oxygens (including phenoxy) is 2. The minimum atomic E-state index is -1.58. The summed E-state index contributed by atoms with van der Waals surface area (Å²) < 4.78 is 11.2. The summed E-state index contributed by atoms with van der Waals surface area (Å²) in [7, 11) is 0. The van der Waals surface area contributed by atoms with Crippen molar-refractivity contribution in [1.82, 2.24) is 5.32 Å². The Morgan fingerprint density at radius 3 is 1.43 bits per heavy atom. The second kappa shape index (κ2) is 43.8. The molecule has 1 saturated heterocycles. The molecule has 7 unspecified atom stereocenters. The van der Waals surface area contributed by atoms with Gasteiger partial charge in [-0.2, -0.15) is 0 Å². The van der Waals surface area contributed by atoms with E-state index in [0.717, 1.165) is 64.2 Å². The molecule has 1 aliphatic heterocycles. The van der Waals surface area contributed by atoms with Crippen LogP contribution in [0.3, 0.4) is 0 Å². The third-order valence-corrected chi connectivity index (χ3v) is 12.0. The van der Waals surface area contributed by atoms with Crippen LogP contribution in [0.4, 0.5) is 0 Å². The van der Waals surface area contributed by atoms with Crippen LogP contribution < -0.4 is 5.32 Å². The first-order chi connectivity index (χ1) is 30.8. The molecule has 6 N–H and O–H groups in total. The van der Waals surface area contributed by atoms with Gasteiger partial charge in [0.2, 0.25) is 5.91 Å². The van der Waals surface area contributed by atoms with E-state index >= 15 is 0 Å². The minimum absolute atomic E-state index is 0.196. The molecular weight excluding hydrogens is 791 g/mol. The van der Waals surface area contributed by atoms with Crippen LogP contribution in [0.2, 0.25) is 0 Å². The van der Waals surface area contributed by atoms with Crippen molar-refractivity contribution in [3.05, 3.63) is 60.8 Å². The van der Waals surface area contributed by atoms with Gasteiger partial charge in [0, 0.05) is 6.42 Å². The Labute approximate surface area is 386 Å². The zero-order chi connectivity index (χ0) is 45.9. The van der Waals surface area contributed by atoms with Gasteiger partial charge in [0.1, 0.15) is 24.4 Å². The van der Waals surface area contributed by atoms with Crippen molar-refractivity contribution in [2.75, 3.05) is 13.2 Å². The predicted octanol–water partition coefficient (Wildman–Crippen LogP) is 12.0. The Hall–Kier alpha value is -2.11. The van der Waals surface area contributed by atoms with E-state index in [0.29, 0.717) is 6.42 Å². The van der Waals surface area contributed by atoms with E-state index in [1.807, 2.05) is 6.08 Å². The maximum atomic E-state index is 13.0. The molecular formula is C54H97NO8. The summed E-state index contributed by atoms with van der Waals surface area (Å²) in [6.45, 7) is 3.74. The van der Waals surface area contributed by atoms with Gasteiger partial charge in [-0.15, -0.1) is 0 Å². The molecule has 0 radical (unpaired) electrons. The number of unbranched alkanes of at least 4 members (excludes halogenated alkanes) is 25. The fourth-order valence-corrected chi connectivity index (χ4v) is 7.86. The van der Waals surface area contributed by atoms with E-state index in [1.165, 1.54) is 135 Å². The smallest absolute Gasteiger partial charge is 0.220 e. The molecule has 63 heavy (non-hydrogen) atoms. The normalized spacial score (nSPS) is 20.7. The van der Waals surface area contributed by atoms with Gasteiger partial charge in [-0.05, 0) is 77.0 Å². The Bertz CT molecular complexity index is 1170. The number of rotatable bonds is 43. The molecule has 0 aromatic carbocycles. The highest BCUT2D eigenvalue weighted by Gasteiger charge is 2.44. The molecule has 0 bridgehead atoms. The van der Waals surface area contributed by atoms with Gasteiger partial charge in [0.25, 0.3) is 0 Å². The number of carbonyl (C=O) groups is 1. The Morgan fingerprint density at radius 2 is 0.952 bits per heavy atom. The molecule has 366 valence electrons. The summed E-state index contributed by atoms with van der Waals surface area (Å²) in [6.07, 6.45) is 51.2. The van der Waals surface area contributed by atoms with Crippen molar-refractivity contribution in [2.24, 2.45) is 0 Å². The number of carbonyl (C=O) groups excluding carboxylic acids is 1. The van der Waals surface area contributed by atoms with Crippen molar-refractivity contribution >= 4 is 5.91 Å². The highest BCUT2D eigenvalue weighted by Crippen LogP contribution is 2.22. The van der Waals surface area contributed by atoms with E-state index < -0.39 is 49.5 Å². The Morgan fingerprint density at radius 1 is 0.540 bits per heavy atom. The van der Waals surface area contributed by atoms with Crippen LogP contribution in [0.15, 0.2) is 60.8 Å². The van der Waals surface area contributed by atoms with E-state index in [-0.39, 0.29) is 12.5 Å². The third-order valence-electron chi connectivity index (χ3n) is 12.0. The molecule has 0 spiro atoms. The summed E-state index contributed by atoms with van der Waals surface area (Å²) >= 11 is 0. The SMILES string of the molecule is CCCCCCC/C=C\C/C=C\CCCCCCCCCCCC(=O)NC(COC1OC(CO)C(O)C(O)C1O)C(O)/C=C/CC/C=C/CC/C=C/CCCCCCCCCCC. The summed E-state index contributed by atoms with van der Waals surface area (Å²) in [4.78, 5) is 13.0. The molecule has 1 heterocycles. The molecule has 0 aliphatic carbocycles. The van der Waals surface area contributed by atoms with Crippen LogP contribution in [0, 0.1) is 0 Å². The van der Waals surface area contributed by atoms with Crippen LogP contribution in [-0.2, 0) is 14.3 Å². The molecule has 0 aromatic heterocycles. The van der Waals surface area contributed by atoms with Crippen LogP contribution in [0.1, 0.15) is 219 Å². The lowest BCUT2D eigenvalue weighted by Crippen LogP contribution is -2.60. The Kier molecular flexibility index (Phi) is 40.9. The average molecular weight is 888 g/mol. The third kappa shape index (κ3) is 33.9. The fourth-order valence-electron chi connectivity index (χ4n) is 7.86. The van der Waals surface area contributed by atoms with Gasteiger partial charge >= 0.3 is 0 Å². The topological polar surface area (TPSA) is 149 Å². The molecule has 9 heteroatoms. The summed E-state index contributed by atoms with van der Waals surface area (Å²) in [5, 5.41) is 54.3. The number of allylic oxidation sites excluding steroid dienone is 9. The number of amides is 1. The lowest BCUT2D eigenvalue weighted by molar-refractivity contribution is -0.302. The summed E-state index contributed by atoms with van der Waals surface area (Å²) in [6, 6.07) is -0.832. The first kappa shape index (κ1) is 58.9. The van der Waals surface area contributed by atoms with E-state index in [4.69, 9.17) is 9.47 Å². The van der Waals surface area contributed by atoms with Crippen LogP contribution >= 0.6 is 0 Å². The van der Waals surface area contributed by atoms with E-state index in [9.17, 15) is 30.3 Å². The summed E-state index contributed by atoms with van der Waals surface area (Å²) in [5.74, 6) is -0.196. The maximum Gasteiger partial charge on any atom is 0.220 e. The van der Waals surface area contributed by atoms with Crippen LogP contribution in [0.25, 0.3) is 0 Å². The second-order valence-electron chi connectivity index (χ2n) is 17.9. The second-order valence-corrected chi connectivity index (χ2v) is 17.9. The van der Waals surface area contributed by atoms with Crippen LogP contribution in [-0.4, -0.2) is 87.5 Å². The molecule has 1 fully saturated rings. The molecule has 1 rings (SSSR count). The zero-order valence-corrected chi connectivity index (χ0v) is 40.3. The lowest BCUT2D eigenvalue weighted by Gasteiger charge is -2.40. The molecule has 1 aliphatic rings. The van der Waals surface area contributed by atoms with Crippen molar-refractivity contribution in [3.63, 3.8) is 0 Å². The Balaban J connectivity index is 2.34. The maximum absolute atomic E-state index is 13.0. The van der Waals surface area contributed by atoms with E-state index in [1.54, 1.807) is 6.08 Å². The highest BCUT2D eigenvalue weighted by atomic mass is 16.7. The fraction of sp³-hybridized carbons (Fsp3) is 0.796. The minimum Gasteiger partial charge on any atom is -0.394 e. The lowest BCUT2D eigenvalue weighted by atomic mass is 9.99. The number of nitrogens with one attached hydrogen (secondary N) is 1. The zero-order valence-electron chi connectivity index (χ0n) is 40.3. The highest BCUT2D eigenvalue weighted by molar-refractivity contribution is 5.76. The first-order valence-electron chi connectivity index (χ1n) is 26.0. The molecule has 0 saturated carbocycles. The van der Waals surface area contributed by atoms with Crippen LogP contribution in [0.5, 0.6) is 0 Å². The number of aliphatic hydroxyl groups is 5. The van der Waals surface area contributed by atoms with Gasteiger partial charge < -0.3 is 40.3 Å². The quantitative estimate of drug-likeness (QED) is 0.0262. The molecule has 1 amide bonds. The predicted molar refractivity (Wildman–Crippen MR) is 262 cm³/mol. The van der Waals surface area contributed by atoms with Gasteiger partial charge in [-0.25, -0.2) is 0 Å². The van der Waals surface area contributed by atoms with Gasteiger partial charge in [-0.3, -0.25) is 4.79 Å². The van der Waals surface area contributed by atoms with Crippen molar-refractivity contribution in [3.8, 4) is 0 Å². The number of hydrogen-bond donors (Lipinski definition) is 6. The van der Waals surface area contributed by atoms with E-state index in [2.05, 4.69) is 67.8 Å². The molecule has 7 atom stereocenters. The average Bonchev–Trinajstić information content (AvgIpc) is 3.28. The summed E-state index contributed by atoms with van der Waals surface area (Å²) in [5.41, 5.74) is 0. The standard InChI is InChI=1S/C54H97NO8/c1-3-5-7-9-11-13-15-17-19-21-23-24-26-28-30-32-34-36-38-40-42-44-50(58)55-47(46-62-54-53(61)52(60)51(59)49(45-56)63-54)48(57)43-41-39-37-35-33-31-29-27-25-22-20-18-16-14-12-10-8-6-4-2/h15,17,21,23,25,27,33,35,41,43,47-49,51-54,56-57,59-61H,3-14,16,18-20,22,24,26,28-32,34,36-40,42,44-46H2,1-2H3,(H,55,58)/b17-15-,23-21-,27-25+,35-33+,43-41+. The molecule has 9 nitrogen and oxygen atoms in total. The van der Waals surface area contributed by atoms with Gasteiger partial charge in [0.05, 0.1) is 25.4 Å². The monoisotopic (exact) mass is 888 g/mol. The number of aliphatic hydroxyl groups excluding tert-OH is 5. The first-order valence-corrected chi connectivity index (χ1v) is 26.0. The van der Waals surface area contributed by atoms with Gasteiger partial charge in [-0.1, -0.05) is 197 Å². The van der Waals surface area contributed by atoms with Crippen molar-refractivity contribution < 1.29 is 39.8 Å². The van der Waals surface area contributed by atoms with Crippen molar-refractivity contribution in [2.45, 2.75) is 262 Å². The molecule has 0 aromatic rings. The van der Waals surface area contributed by atoms with Gasteiger partial charge in [0.15, 0.2) is 6.29 Å². The van der Waals surface area contributed by atoms with Crippen molar-refractivity contribution in [1.29, 1.82) is 0 Å². The largest absolute Gasteiger partial charge is 0.394 e. The number of hydrogen-bond acceptors (Lipinski definition) is 8.